The predicted molar refractivity (Wildman–Crippen MR) is 140 cm³/mol. The first-order valence-electron chi connectivity index (χ1n) is 10.4. The fourth-order valence-corrected chi connectivity index (χ4v) is 4.44. The number of carbonyl (C=O) groups excluding carboxylic acids is 1. The van der Waals surface area contributed by atoms with Crippen molar-refractivity contribution in [3.05, 3.63) is 96.8 Å². The number of nitrogens with zero attached hydrogens (tertiary/aromatic N) is 2. The quantitative estimate of drug-likeness (QED) is 0.214. The number of rotatable bonds is 7. The van der Waals surface area contributed by atoms with Crippen molar-refractivity contribution in [1.29, 1.82) is 0 Å². The minimum absolute atomic E-state index is 0.0207. The number of benzene rings is 3. The van der Waals surface area contributed by atoms with Crippen LogP contribution in [0.2, 0.25) is 0 Å². The molecule has 0 aromatic heterocycles. The normalized spacial score (nSPS) is 15.3. The van der Waals surface area contributed by atoms with E-state index in [0.717, 1.165) is 22.4 Å². The van der Waals surface area contributed by atoms with Gasteiger partial charge in [-0.25, -0.2) is 4.99 Å². The molecule has 1 aliphatic heterocycles. The lowest BCUT2D eigenvalue weighted by atomic mass is 10.1. The van der Waals surface area contributed by atoms with Crippen LogP contribution in [-0.4, -0.2) is 23.1 Å². The second-order valence-electron chi connectivity index (χ2n) is 7.55. The molecule has 3 aromatic rings. The summed E-state index contributed by atoms with van der Waals surface area (Å²) in [5.74, 6) is 0.745. The molecule has 0 aliphatic carbocycles. The summed E-state index contributed by atoms with van der Waals surface area (Å²) >= 11 is 4.80. The summed E-state index contributed by atoms with van der Waals surface area (Å²) in [5.41, 5.74) is 3.43. The van der Waals surface area contributed by atoms with Gasteiger partial charge >= 0.3 is 0 Å². The number of nitrogens with one attached hydrogen (secondary N) is 1. The molecule has 8 nitrogen and oxygen atoms in total. The Morgan fingerprint density at radius 2 is 1.83 bits per heavy atom. The number of ether oxygens (including phenoxy) is 2. The molecule has 0 saturated carbocycles. The molecular weight excluding hydrogens is 534 g/mol. The Kier molecular flexibility index (Phi) is 7.52. The Balaban J connectivity index is 1.51. The van der Waals surface area contributed by atoms with Crippen LogP contribution in [0.1, 0.15) is 16.7 Å². The lowest BCUT2D eigenvalue weighted by Gasteiger charge is -2.13. The second-order valence-corrected chi connectivity index (χ2v) is 9.44. The molecule has 1 amide bonds. The standard InChI is InChI=1S/C25H20BrN3O5S/c1-15-3-7-18(8-4-15)27-25-28-24(30)23(35-25)12-17-11-21(33-2)22(13-20(17)26)34-14-16-5-9-19(10-6-16)29(31)32/h3-13H,14H2,1-2H3,(H,27,28,30)/b23-12+. The van der Waals surface area contributed by atoms with Crippen LogP contribution in [0.4, 0.5) is 11.4 Å². The smallest absolute Gasteiger partial charge is 0.269 e. The van der Waals surface area contributed by atoms with E-state index in [1.807, 2.05) is 31.2 Å². The van der Waals surface area contributed by atoms with Gasteiger partial charge in [-0.2, -0.15) is 0 Å². The zero-order chi connectivity index (χ0) is 24.9. The monoisotopic (exact) mass is 553 g/mol. The molecule has 0 radical (unpaired) electrons. The number of nitro benzene ring substituents is 1. The molecule has 0 spiro atoms. The predicted octanol–water partition coefficient (Wildman–Crippen LogP) is 6.14. The number of amides is 1. The Bertz CT molecular complexity index is 1340. The van der Waals surface area contributed by atoms with Gasteiger partial charge in [-0.15, -0.1) is 0 Å². The fourth-order valence-electron chi connectivity index (χ4n) is 3.17. The van der Waals surface area contributed by atoms with Crippen molar-refractivity contribution < 1.29 is 19.2 Å². The largest absolute Gasteiger partial charge is 0.493 e. The van der Waals surface area contributed by atoms with E-state index in [0.29, 0.717) is 26.0 Å². The third kappa shape index (κ3) is 6.09. The van der Waals surface area contributed by atoms with Gasteiger partial charge in [0.05, 0.1) is 22.6 Å². The molecule has 1 N–H and O–H groups in total. The zero-order valence-corrected chi connectivity index (χ0v) is 21.2. The average molecular weight is 554 g/mol. The highest BCUT2D eigenvalue weighted by Gasteiger charge is 2.24. The van der Waals surface area contributed by atoms with E-state index in [9.17, 15) is 14.9 Å². The fraction of sp³-hybridized carbons (Fsp3) is 0.120. The van der Waals surface area contributed by atoms with Gasteiger partial charge in [0, 0.05) is 16.6 Å². The third-order valence-corrected chi connectivity index (χ3v) is 6.62. The van der Waals surface area contributed by atoms with Crippen molar-refractivity contribution in [2.75, 3.05) is 7.11 Å². The number of amidine groups is 1. The van der Waals surface area contributed by atoms with Crippen LogP contribution in [0, 0.1) is 17.0 Å². The van der Waals surface area contributed by atoms with Crippen molar-refractivity contribution in [3.63, 3.8) is 0 Å². The van der Waals surface area contributed by atoms with Crippen LogP contribution >= 0.6 is 27.7 Å². The molecule has 0 bridgehead atoms. The summed E-state index contributed by atoms with van der Waals surface area (Å²) in [6.07, 6.45) is 1.75. The molecule has 0 unspecified atom stereocenters. The number of aliphatic imine (C=N–C) groups is 1. The van der Waals surface area contributed by atoms with Gasteiger partial charge in [0.25, 0.3) is 11.6 Å². The lowest BCUT2D eigenvalue weighted by molar-refractivity contribution is -0.384. The van der Waals surface area contributed by atoms with Gasteiger partial charge in [-0.05, 0) is 72.3 Å². The van der Waals surface area contributed by atoms with Gasteiger partial charge in [0.1, 0.15) is 6.61 Å². The van der Waals surface area contributed by atoms with E-state index in [-0.39, 0.29) is 18.2 Å². The van der Waals surface area contributed by atoms with E-state index in [4.69, 9.17) is 9.47 Å². The minimum Gasteiger partial charge on any atom is -0.493 e. The van der Waals surface area contributed by atoms with Crippen LogP contribution in [0.25, 0.3) is 6.08 Å². The van der Waals surface area contributed by atoms with E-state index in [1.54, 1.807) is 30.3 Å². The molecule has 1 heterocycles. The maximum atomic E-state index is 12.5. The summed E-state index contributed by atoms with van der Waals surface area (Å²) < 4.78 is 12.1. The summed E-state index contributed by atoms with van der Waals surface area (Å²) in [6, 6.07) is 17.4. The highest BCUT2D eigenvalue weighted by Crippen LogP contribution is 2.37. The number of nitro groups is 1. The molecular formula is C25H20BrN3O5S. The molecule has 0 atom stereocenters. The summed E-state index contributed by atoms with van der Waals surface area (Å²) in [7, 11) is 1.53. The Morgan fingerprint density at radius 1 is 1.11 bits per heavy atom. The first-order chi connectivity index (χ1) is 16.8. The van der Waals surface area contributed by atoms with Crippen LogP contribution in [0.15, 0.2) is 75.0 Å². The maximum Gasteiger partial charge on any atom is 0.269 e. The molecule has 1 fully saturated rings. The molecule has 35 heavy (non-hydrogen) atoms. The summed E-state index contributed by atoms with van der Waals surface area (Å²) in [6.45, 7) is 2.21. The van der Waals surface area contributed by atoms with E-state index in [1.165, 1.54) is 31.0 Å². The Labute approximate surface area is 214 Å². The molecule has 1 saturated heterocycles. The van der Waals surface area contributed by atoms with Gasteiger partial charge in [0.15, 0.2) is 16.7 Å². The number of carbonyl (C=O) groups is 1. The summed E-state index contributed by atoms with van der Waals surface area (Å²) in [4.78, 5) is 27.9. The first-order valence-corrected chi connectivity index (χ1v) is 12.0. The molecule has 1 aliphatic rings. The topological polar surface area (TPSA) is 103 Å². The second kappa shape index (κ2) is 10.7. The van der Waals surface area contributed by atoms with Crippen molar-refractivity contribution in [2.24, 2.45) is 4.99 Å². The number of thioether (sulfide) groups is 1. The lowest BCUT2D eigenvalue weighted by Crippen LogP contribution is -2.19. The number of halogens is 1. The zero-order valence-electron chi connectivity index (χ0n) is 18.8. The minimum atomic E-state index is -0.446. The number of methoxy groups -OCH3 is 1. The summed E-state index contributed by atoms with van der Waals surface area (Å²) in [5, 5.41) is 14.1. The number of aryl methyl sites for hydroxylation is 1. The molecule has 178 valence electrons. The Hall–Kier alpha value is -3.63. The molecule has 4 rings (SSSR count). The first kappa shape index (κ1) is 24.5. The highest BCUT2D eigenvalue weighted by atomic mass is 79.9. The Morgan fingerprint density at radius 3 is 2.49 bits per heavy atom. The van der Waals surface area contributed by atoms with Crippen molar-refractivity contribution in [2.45, 2.75) is 13.5 Å². The van der Waals surface area contributed by atoms with Crippen molar-refractivity contribution >= 4 is 56.2 Å². The van der Waals surface area contributed by atoms with Crippen molar-refractivity contribution in [1.82, 2.24) is 5.32 Å². The van der Waals surface area contributed by atoms with Gasteiger partial charge in [-0.1, -0.05) is 33.6 Å². The van der Waals surface area contributed by atoms with E-state index in [2.05, 4.69) is 26.2 Å². The molecule has 3 aromatic carbocycles. The highest BCUT2D eigenvalue weighted by molar-refractivity contribution is 9.10. The van der Waals surface area contributed by atoms with E-state index >= 15 is 0 Å². The van der Waals surface area contributed by atoms with Crippen LogP contribution in [0.3, 0.4) is 0 Å². The van der Waals surface area contributed by atoms with Crippen molar-refractivity contribution in [3.8, 4) is 11.5 Å². The van der Waals surface area contributed by atoms with Crippen LogP contribution in [0.5, 0.6) is 11.5 Å². The third-order valence-electron chi connectivity index (χ3n) is 5.03. The number of non-ortho nitro benzene ring substituents is 1. The average Bonchev–Trinajstić information content (AvgIpc) is 3.19. The maximum absolute atomic E-state index is 12.5. The molecule has 10 heteroatoms. The SMILES string of the molecule is COc1cc(/C=C2/SC(=Nc3ccc(C)cc3)NC2=O)c(Br)cc1OCc1ccc([N+](=O)[O-])cc1. The van der Waals surface area contributed by atoms with Gasteiger partial charge in [-0.3, -0.25) is 14.9 Å². The van der Waals surface area contributed by atoms with E-state index < -0.39 is 4.92 Å². The van der Waals surface area contributed by atoms with Gasteiger partial charge < -0.3 is 14.8 Å². The number of hydrogen-bond acceptors (Lipinski definition) is 7. The van der Waals surface area contributed by atoms with Gasteiger partial charge in [0.2, 0.25) is 0 Å². The number of hydrogen-bond donors (Lipinski definition) is 1. The van der Waals surface area contributed by atoms with Crippen LogP contribution < -0.4 is 14.8 Å². The van der Waals surface area contributed by atoms with Crippen LogP contribution in [-0.2, 0) is 11.4 Å².